The van der Waals surface area contributed by atoms with Gasteiger partial charge in [0.2, 0.25) is 0 Å². The molecule has 0 fully saturated rings. The molecule has 8 heavy (non-hydrogen) atoms. The fourth-order valence-electron chi connectivity index (χ4n) is 0.548. The topological polar surface area (TPSA) is 21.3 Å². The Morgan fingerprint density at radius 3 is 3.00 bits per heavy atom. The van der Waals surface area contributed by atoms with E-state index in [9.17, 15) is 0 Å². The van der Waals surface area contributed by atoms with Gasteiger partial charge >= 0.3 is 0 Å². The van der Waals surface area contributed by atoms with Crippen LogP contribution in [-0.2, 0) is 4.12 Å². The zero-order valence-electron chi connectivity index (χ0n) is 5.74. The van der Waals surface area contributed by atoms with Gasteiger partial charge in [-0.2, -0.15) is 0 Å². The Hall–Kier alpha value is 0.354. The van der Waals surface area contributed by atoms with Crippen LogP contribution in [0.15, 0.2) is 0 Å². The fraction of sp³-hybridized carbons (Fsp3) is 1.00. The second-order valence-electron chi connectivity index (χ2n) is 1.80. The highest BCUT2D eigenvalue weighted by molar-refractivity contribution is 6.34. The molecule has 0 spiro atoms. The maximum Gasteiger partial charge on any atom is 0.145 e. The summed E-state index contributed by atoms with van der Waals surface area (Å²) in [5.74, 6) is 0. The normalized spacial score (nSPS) is 11.6. The quantitative estimate of drug-likeness (QED) is 0.375. The first-order valence-corrected chi connectivity index (χ1v) is 5.44. The summed E-state index contributed by atoms with van der Waals surface area (Å²) < 4.78 is 5.14. The summed E-state index contributed by atoms with van der Waals surface area (Å²) in [6.07, 6.45) is 1.30. The molecule has 0 atom stereocenters. The van der Waals surface area contributed by atoms with Crippen LogP contribution in [0.25, 0.3) is 0 Å². The van der Waals surface area contributed by atoms with Gasteiger partial charge in [-0.05, 0) is 26.1 Å². The average molecular weight is 149 g/mol. The van der Waals surface area contributed by atoms with Crippen LogP contribution in [0.4, 0.5) is 0 Å². The minimum atomic E-state index is -0.0769. The zero-order valence-corrected chi connectivity index (χ0v) is 9.15. The smallest absolute Gasteiger partial charge is 0.145 e. The largest absolute Gasteiger partial charge is 0.468 e. The van der Waals surface area contributed by atoms with Crippen LogP contribution in [0.3, 0.4) is 0 Å². The van der Waals surface area contributed by atoms with Crippen molar-refractivity contribution in [2.24, 2.45) is 0 Å². The molecule has 0 heterocycles. The summed E-state index contributed by atoms with van der Waals surface area (Å²) >= 11 is 0. The van der Waals surface area contributed by atoms with Gasteiger partial charge in [0.1, 0.15) is 20.2 Å². The Balaban J connectivity index is 2.53. The second kappa shape index (κ2) is 7.35. The zero-order chi connectivity index (χ0) is 6.24. The predicted octanol–water partition coefficient (Wildman–Crippen LogP) is -1.61. The lowest BCUT2D eigenvalue weighted by atomic mass is 10.5. The van der Waals surface area contributed by atoms with Gasteiger partial charge in [-0.1, -0.05) is 0 Å². The Morgan fingerprint density at radius 2 is 2.50 bits per heavy atom. The third-order valence-corrected chi connectivity index (χ3v) is 3.45. The van der Waals surface area contributed by atoms with Gasteiger partial charge in [-0.15, -0.1) is 0 Å². The van der Waals surface area contributed by atoms with Crippen LogP contribution in [0.2, 0.25) is 6.04 Å². The van der Waals surface area contributed by atoms with E-state index >= 15 is 0 Å². The third kappa shape index (κ3) is 6.35. The van der Waals surface area contributed by atoms with Crippen LogP contribution < -0.4 is 5.32 Å². The van der Waals surface area contributed by atoms with Crippen molar-refractivity contribution in [1.29, 1.82) is 0 Å². The molecule has 0 saturated heterocycles. The lowest BCUT2D eigenvalue weighted by Crippen LogP contribution is -2.08. The van der Waals surface area contributed by atoms with E-state index in [0.29, 0.717) is 0 Å². The van der Waals surface area contributed by atoms with Gasteiger partial charge in [0.05, 0.1) is 0 Å². The Morgan fingerprint density at radius 1 is 1.75 bits per heavy atom. The van der Waals surface area contributed by atoms with E-state index in [4.69, 9.17) is 4.12 Å². The van der Waals surface area contributed by atoms with Crippen molar-refractivity contribution >= 4 is 20.2 Å². The minimum Gasteiger partial charge on any atom is -0.468 e. The summed E-state index contributed by atoms with van der Waals surface area (Å²) in [5, 5.41) is 3.10. The summed E-state index contributed by atoms with van der Waals surface area (Å²) in [6, 6.07) is 1.34. The van der Waals surface area contributed by atoms with Crippen molar-refractivity contribution in [3.05, 3.63) is 0 Å². The molecule has 50 valence electrons. The highest BCUT2D eigenvalue weighted by Crippen LogP contribution is 1.84. The van der Waals surface area contributed by atoms with Crippen molar-refractivity contribution < 1.29 is 4.12 Å². The first kappa shape index (κ1) is 8.35. The molecular weight excluding hydrogens is 134 g/mol. The molecule has 0 aromatic carbocycles. The van der Waals surface area contributed by atoms with Crippen LogP contribution in [-0.4, -0.2) is 33.8 Å². The molecule has 0 aromatic rings. The van der Waals surface area contributed by atoms with Crippen LogP contribution in [0, 0.1) is 0 Å². The van der Waals surface area contributed by atoms with Crippen molar-refractivity contribution in [2.75, 3.05) is 13.6 Å². The fourth-order valence-corrected chi connectivity index (χ4v) is 2.16. The van der Waals surface area contributed by atoms with Gasteiger partial charge in [0.25, 0.3) is 0 Å². The van der Waals surface area contributed by atoms with E-state index in [1.807, 2.05) is 7.05 Å². The predicted molar refractivity (Wildman–Crippen MR) is 42.9 cm³/mol. The summed E-state index contributed by atoms with van der Waals surface area (Å²) in [4.78, 5) is 0. The Bertz CT molecular complexity index is 39.0. The van der Waals surface area contributed by atoms with Gasteiger partial charge in [0, 0.05) is 0 Å². The van der Waals surface area contributed by atoms with Gasteiger partial charge in [-0.25, -0.2) is 0 Å². The molecule has 0 saturated carbocycles. The molecule has 0 unspecified atom stereocenters. The first-order valence-electron chi connectivity index (χ1n) is 3.05. The van der Waals surface area contributed by atoms with E-state index in [1.54, 1.807) is 0 Å². The summed E-state index contributed by atoms with van der Waals surface area (Å²) in [7, 11) is 2.86. The molecule has 0 rings (SSSR count). The van der Waals surface area contributed by atoms with E-state index < -0.39 is 0 Å². The van der Waals surface area contributed by atoms with E-state index in [-0.39, 0.29) is 9.76 Å². The Labute approximate surface area is 56.5 Å². The Kier molecular flexibility index (Phi) is 7.68. The van der Waals surface area contributed by atoms with Crippen LogP contribution in [0.1, 0.15) is 6.42 Å². The highest BCUT2D eigenvalue weighted by atomic mass is 28.3. The molecule has 0 aliphatic carbocycles. The van der Waals surface area contributed by atoms with E-state index in [1.165, 1.54) is 12.5 Å². The second-order valence-corrected chi connectivity index (χ2v) is 5.23. The summed E-state index contributed by atoms with van der Waals surface area (Å²) in [6.45, 7) is 1.15. The van der Waals surface area contributed by atoms with Gasteiger partial charge < -0.3 is 9.43 Å². The van der Waals surface area contributed by atoms with Gasteiger partial charge in [0.15, 0.2) is 0 Å². The van der Waals surface area contributed by atoms with Crippen molar-refractivity contribution in [3.8, 4) is 0 Å². The molecule has 0 bridgehead atoms. The molecular formula is C4H15NOSi2. The molecule has 0 amide bonds. The van der Waals surface area contributed by atoms with Crippen molar-refractivity contribution in [3.63, 3.8) is 0 Å². The number of rotatable bonds is 5. The highest BCUT2D eigenvalue weighted by Gasteiger charge is 1.83. The molecule has 0 aromatic heterocycles. The monoisotopic (exact) mass is 149 g/mol. The lowest BCUT2D eigenvalue weighted by Gasteiger charge is -1.96. The molecule has 0 radical (unpaired) electrons. The lowest BCUT2D eigenvalue weighted by molar-refractivity contribution is 0.648. The first-order chi connectivity index (χ1) is 3.91. The number of nitrogens with one attached hydrogen (secondary N) is 1. The summed E-state index contributed by atoms with van der Waals surface area (Å²) in [5.41, 5.74) is 0. The number of hydrogen-bond acceptors (Lipinski definition) is 2. The van der Waals surface area contributed by atoms with E-state index in [2.05, 4.69) is 5.32 Å². The van der Waals surface area contributed by atoms with Gasteiger partial charge in [-0.3, -0.25) is 0 Å². The molecule has 1 N–H and O–H groups in total. The van der Waals surface area contributed by atoms with Crippen LogP contribution >= 0.6 is 0 Å². The van der Waals surface area contributed by atoms with E-state index in [0.717, 1.165) is 17.0 Å². The van der Waals surface area contributed by atoms with Crippen molar-refractivity contribution in [2.45, 2.75) is 12.5 Å². The minimum absolute atomic E-state index is 0.0769. The number of hydrogen-bond donors (Lipinski definition) is 1. The molecule has 0 aliphatic rings. The standard InChI is InChI=1S/C4H15NOSi2/c1-5-3-2-4-8-6-7/h5H,2-4,8H2,1,7H3. The molecule has 0 aliphatic heterocycles. The molecule has 2 nitrogen and oxygen atoms in total. The third-order valence-electron chi connectivity index (χ3n) is 1.03. The van der Waals surface area contributed by atoms with Crippen LogP contribution in [0.5, 0.6) is 0 Å². The van der Waals surface area contributed by atoms with Crippen molar-refractivity contribution in [1.82, 2.24) is 5.32 Å². The maximum absolute atomic E-state index is 5.14. The average Bonchev–Trinajstić information content (AvgIpc) is 1.81. The molecule has 4 heteroatoms. The maximum atomic E-state index is 5.14. The SMILES string of the molecule is CNCCC[SiH2]O[SiH3].